The summed E-state index contributed by atoms with van der Waals surface area (Å²) in [5.74, 6) is 0.385. The molecule has 0 spiro atoms. The zero-order chi connectivity index (χ0) is 14.8. The molecule has 20 heavy (non-hydrogen) atoms. The summed E-state index contributed by atoms with van der Waals surface area (Å²) in [5.41, 5.74) is 1.63. The van der Waals surface area contributed by atoms with E-state index in [1.54, 1.807) is 0 Å². The summed E-state index contributed by atoms with van der Waals surface area (Å²) in [5, 5.41) is 11.0. The molecule has 0 heterocycles. The minimum Gasteiger partial charge on any atom is -0.393 e. The van der Waals surface area contributed by atoms with Crippen molar-refractivity contribution in [3.63, 3.8) is 0 Å². The molecule has 112 valence electrons. The van der Waals surface area contributed by atoms with Crippen molar-refractivity contribution < 1.29 is 5.11 Å². The van der Waals surface area contributed by atoms with E-state index in [2.05, 4.69) is 37.9 Å². The molecule has 1 aromatic carbocycles. The van der Waals surface area contributed by atoms with E-state index < -0.39 is 0 Å². The summed E-state index contributed by atoms with van der Waals surface area (Å²) in [6, 6.07) is 8.01. The van der Waals surface area contributed by atoms with Gasteiger partial charge in [0.25, 0.3) is 0 Å². The Hall–Kier alpha value is -0.570. The maximum absolute atomic E-state index is 10.2. The Morgan fingerprint density at radius 2 is 1.95 bits per heavy atom. The van der Waals surface area contributed by atoms with Gasteiger partial charge in [0, 0.05) is 18.1 Å². The number of hydrogen-bond donors (Lipinski definition) is 1. The van der Waals surface area contributed by atoms with Crippen LogP contribution in [0.15, 0.2) is 24.3 Å². The number of nitrogens with zero attached hydrogens (tertiary/aromatic N) is 1. The van der Waals surface area contributed by atoms with Gasteiger partial charge in [-0.1, -0.05) is 37.6 Å². The highest BCUT2D eigenvalue weighted by atomic mass is 35.5. The second kappa shape index (κ2) is 6.46. The van der Waals surface area contributed by atoms with Crippen LogP contribution in [0, 0.1) is 11.3 Å². The summed E-state index contributed by atoms with van der Waals surface area (Å²) < 4.78 is 0. The lowest BCUT2D eigenvalue weighted by Gasteiger charge is -2.40. The summed E-state index contributed by atoms with van der Waals surface area (Å²) >= 11 is 5.91. The maximum atomic E-state index is 10.2. The van der Waals surface area contributed by atoms with Crippen LogP contribution in [0.3, 0.4) is 0 Å². The van der Waals surface area contributed by atoms with Gasteiger partial charge in [-0.05, 0) is 55.3 Å². The molecule has 1 aliphatic carbocycles. The Morgan fingerprint density at radius 3 is 2.60 bits per heavy atom. The first-order valence-corrected chi connectivity index (χ1v) is 7.84. The zero-order valence-corrected chi connectivity index (χ0v) is 13.5. The summed E-state index contributed by atoms with van der Waals surface area (Å²) in [4.78, 5) is 2.30. The second-order valence-electron chi connectivity index (χ2n) is 7.06. The normalized spacial score (nSPS) is 25.9. The first-order chi connectivity index (χ1) is 9.35. The molecule has 2 rings (SSSR count). The summed E-state index contributed by atoms with van der Waals surface area (Å²) in [6.07, 6.45) is 3.03. The van der Waals surface area contributed by atoms with E-state index in [0.717, 1.165) is 37.4 Å². The van der Waals surface area contributed by atoms with Gasteiger partial charge in [0.05, 0.1) is 6.10 Å². The highest BCUT2D eigenvalue weighted by molar-refractivity contribution is 6.30. The fraction of sp³-hybridized carbons (Fsp3) is 0.647. The van der Waals surface area contributed by atoms with Crippen molar-refractivity contribution in [1.82, 2.24) is 4.90 Å². The third kappa shape index (κ3) is 4.47. The molecule has 2 atom stereocenters. The van der Waals surface area contributed by atoms with Crippen LogP contribution < -0.4 is 0 Å². The maximum Gasteiger partial charge on any atom is 0.0581 e. The van der Waals surface area contributed by atoms with Crippen molar-refractivity contribution in [1.29, 1.82) is 0 Å². The van der Waals surface area contributed by atoms with E-state index in [4.69, 9.17) is 11.6 Å². The molecule has 1 aromatic rings. The molecule has 2 nitrogen and oxygen atoms in total. The molecule has 0 amide bonds. The van der Waals surface area contributed by atoms with Gasteiger partial charge in [0.15, 0.2) is 0 Å². The monoisotopic (exact) mass is 295 g/mol. The molecule has 0 bridgehead atoms. The van der Waals surface area contributed by atoms with Crippen LogP contribution in [0.25, 0.3) is 0 Å². The average Bonchev–Trinajstić information content (AvgIpc) is 2.36. The standard InChI is InChI=1S/C17H26ClNO/c1-17(2)9-8-16(20)14(10-17)12-19(3)11-13-4-6-15(18)7-5-13/h4-7,14,16,20H,8-12H2,1-3H3. The average molecular weight is 296 g/mol. The first-order valence-electron chi connectivity index (χ1n) is 7.47. The van der Waals surface area contributed by atoms with Crippen LogP contribution in [0.2, 0.25) is 5.02 Å². The van der Waals surface area contributed by atoms with E-state index in [9.17, 15) is 5.11 Å². The van der Waals surface area contributed by atoms with Gasteiger partial charge >= 0.3 is 0 Å². The lowest BCUT2D eigenvalue weighted by atomic mass is 9.71. The Morgan fingerprint density at radius 1 is 1.30 bits per heavy atom. The van der Waals surface area contributed by atoms with Crippen molar-refractivity contribution in [3.8, 4) is 0 Å². The smallest absolute Gasteiger partial charge is 0.0581 e. The minimum atomic E-state index is -0.143. The predicted molar refractivity (Wildman–Crippen MR) is 84.9 cm³/mol. The molecule has 1 fully saturated rings. The minimum absolute atomic E-state index is 0.143. The van der Waals surface area contributed by atoms with Crippen molar-refractivity contribution in [2.24, 2.45) is 11.3 Å². The topological polar surface area (TPSA) is 23.5 Å². The van der Waals surface area contributed by atoms with Crippen LogP contribution in [0.4, 0.5) is 0 Å². The Bertz CT molecular complexity index is 429. The van der Waals surface area contributed by atoms with Crippen LogP contribution >= 0.6 is 11.6 Å². The number of hydrogen-bond acceptors (Lipinski definition) is 2. The lowest BCUT2D eigenvalue weighted by Crippen LogP contribution is -2.39. The molecule has 0 aliphatic heterocycles. The van der Waals surface area contributed by atoms with E-state index in [1.807, 2.05) is 12.1 Å². The quantitative estimate of drug-likeness (QED) is 0.909. The molecular weight excluding hydrogens is 270 g/mol. The predicted octanol–water partition coefficient (Wildman–Crippen LogP) is 3.96. The third-order valence-electron chi connectivity index (χ3n) is 4.39. The van der Waals surface area contributed by atoms with Gasteiger partial charge in [-0.15, -0.1) is 0 Å². The van der Waals surface area contributed by atoms with E-state index in [0.29, 0.717) is 11.3 Å². The second-order valence-corrected chi connectivity index (χ2v) is 7.49. The van der Waals surface area contributed by atoms with Gasteiger partial charge < -0.3 is 10.0 Å². The molecule has 1 saturated carbocycles. The number of benzene rings is 1. The van der Waals surface area contributed by atoms with Gasteiger partial charge in [-0.2, -0.15) is 0 Å². The number of halogens is 1. The zero-order valence-electron chi connectivity index (χ0n) is 12.8. The highest BCUT2D eigenvalue weighted by Crippen LogP contribution is 2.39. The van der Waals surface area contributed by atoms with Crippen molar-refractivity contribution in [3.05, 3.63) is 34.9 Å². The molecule has 0 aromatic heterocycles. The van der Waals surface area contributed by atoms with Crippen molar-refractivity contribution in [2.75, 3.05) is 13.6 Å². The molecule has 1 aliphatic rings. The Balaban J connectivity index is 1.90. The third-order valence-corrected chi connectivity index (χ3v) is 4.64. The molecule has 0 saturated heterocycles. The van der Waals surface area contributed by atoms with Gasteiger partial charge in [0.1, 0.15) is 0 Å². The Labute approximate surface area is 127 Å². The van der Waals surface area contributed by atoms with Gasteiger partial charge in [-0.3, -0.25) is 0 Å². The van der Waals surface area contributed by atoms with Crippen LogP contribution in [0.1, 0.15) is 38.7 Å². The van der Waals surface area contributed by atoms with Gasteiger partial charge in [-0.25, -0.2) is 0 Å². The number of aliphatic hydroxyl groups excluding tert-OH is 1. The fourth-order valence-electron chi connectivity index (χ4n) is 3.27. The Kier molecular flexibility index (Phi) is 5.11. The van der Waals surface area contributed by atoms with Crippen molar-refractivity contribution >= 4 is 11.6 Å². The van der Waals surface area contributed by atoms with Crippen molar-refractivity contribution in [2.45, 2.75) is 45.8 Å². The lowest BCUT2D eigenvalue weighted by molar-refractivity contribution is 0.00673. The number of rotatable bonds is 4. The fourth-order valence-corrected chi connectivity index (χ4v) is 3.40. The van der Waals surface area contributed by atoms with E-state index in [-0.39, 0.29) is 6.10 Å². The van der Waals surface area contributed by atoms with Crippen LogP contribution in [0.5, 0.6) is 0 Å². The summed E-state index contributed by atoms with van der Waals surface area (Å²) in [6.45, 7) is 6.48. The van der Waals surface area contributed by atoms with Gasteiger partial charge in [0.2, 0.25) is 0 Å². The van der Waals surface area contributed by atoms with E-state index in [1.165, 1.54) is 5.56 Å². The molecular formula is C17H26ClNO. The first kappa shape index (κ1) is 15.8. The molecule has 3 heteroatoms. The van der Waals surface area contributed by atoms with Crippen LogP contribution in [-0.4, -0.2) is 29.7 Å². The largest absolute Gasteiger partial charge is 0.393 e. The molecule has 2 unspecified atom stereocenters. The molecule has 0 radical (unpaired) electrons. The summed E-state index contributed by atoms with van der Waals surface area (Å²) in [7, 11) is 2.13. The van der Waals surface area contributed by atoms with Crippen LogP contribution in [-0.2, 0) is 6.54 Å². The SMILES string of the molecule is CN(Cc1ccc(Cl)cc1)CC1CC(C)(C)CCC1O. The van der Waals surface area contributed by atoms with E-state index >= 15 is 0 Å². The highest BCUT2D eigenvalue weighted by Gasteiger charge is 2.34. The molecule has 1 N–H and O–H groups in total. The number of aliphatic hydroxyl groups is 1.